The van der Waals surface area contributed by atoms with Crippen molar-refractivity contribution in [3.63, 3.8) is 0 Å². The van der Waals surface area contributed by atoms with Crippen LogP contribution in [-0.4, -0.2) is 14.8 Å². The highest BCUT2D eigenvalue weighted by molar-refractivity contribution is 14.1. The summed E-state index contributed by atoms with van der Waals surface area (Å²) >= 11 is 2.10. The molecule has 2 rings (SSSR count). The van der Waals surface area contributed by atoms with E-state index in [0.29, 0.717) is 5.82 Å². The molecule has 2 aromatic heterocycles. The Hall–Kier alpha value is -0.980. The van der Waals surface area contributed by atoms with Crippen LogP contribution in [0.2, 0.25) is 0 Å². The maximum absolute atomic E-state index is 12.5. The van der Waals surface area contributed by atoms with E-state index in [1.165, 1.54) is 12.3 Å². The molecule has 5 heteroatoms. The molecule has 0 aliphatic rings. The third-order valence-electron chi connectivity index (χ3n) is 1.50. The Morgan fingerprint density at radius 1 is 1.31 bits per heavy atom. The van der Waals surface area contributed by atoms with Crippen LogP contribution in [0.4, 0.5) is 4.39 Å². The van der Waals surface area contributed by atoms with Gasteiger partial charge in [-0.1, -0.05) is 0 Å². The highest BCUT2D eigenvalue weighted by atomic mass is 127. The first-order valence-electron chi connectivity index (χ1n) is 3.59. The molecule has 2 aromatic rings. The summed E-state index contributed by atoms with van der Waals surface area (Å²) in [5.74, 6) is 0.273. The Bertz CT molecular complexity index is 410. The monoisotopic (exact) mass is 289 g/mol. The van der Waals surface area contributed by atoms with Gasteiger partial charge in [-0.3, -0.25) is 0 Å². The maximum Gasteiger partial charge on any atom is 0.153 e. The fourth-order valence-electron chi connectivity index (χ4n) is 0.933. The van der Waals surface area contributed by atoms with Crippen LogP contribution >= 0.6 is 22.6 Å². The fourth-order valence-corrected chi connectivity index (χ4v) is 1.33. The topological polar surface area (TPSA) is 30.7 Å². The molecular formula is C8H5FIN3. The lowest BCUT2D eigenvalue weighted by Crippen LogP contribution is -1.97. The summed E-state index contributed by atoms with van der Waals surface area (Å²) in [6.45, 7) is 0. The number of halogens is 2. The first kappa shape index (κ1) is 8.61. The van der Waals surface area contributed by atoms with Crippen molar-refractivity contribution in [2.75, 3.05) is 0 Å². The summed E-state index contributed by atoms with van der Waals surface area (Å²) in [6.07, 6.45) is 2.95. The molecule has 0 spiro atoms. The first-order chi connectivity index (χ1) is 6.25. The Morgan fingerprint density at radius 2 is 2.15 bits per heavy atom. The van der Waals surface area contributed by atoms with Crippen LogP contribution in [0.5, 0.6) is 0 Å². The Morgan fingerprint density at radius 3 is 2.69 bits per heavy atom. The van der Waals surface area contributed by atoms with Crippen molar-refractivity contribution in [1.29, 1.82) is 0 Å². The predicted octanol–water partition coefficient (Wildman–Crippen LogP) is 2.01. The lowest BCUT2D eigenvalue weighted by atomic mass is 10.4. The molecule has 0 atom stereocenters. The minimum atomic E-state index is -0.342. The van der Waals surface area contributed by atoms with E-state index in [0.717, 1.165) is 3.70 Å². The van der Waals surface area contributed by atoms with E-state index in [-0.39, 0.29) is 5.82 Å². The van der Waals surface area contributed by atoms with Crippen molar-refractivity contribution in [3.05, 3.63) is 40.1 Å². The van der Waals surface area contributed by atoms with Gasteiger partial charge in [0.15, 0.2) is 5.82 Å². The van der Waals surface area contributed by atoms with E-state index in [1.807, 2.05) is 6.07 Å². The molecule has 0 aliphatic heterocycles. The van der Waals surface area contributed by atoms with Gasteiger partial charge < -0.3 is 0 Å². The van der Waals surface area contributed by atoms with Gasteiger partial charge in [-0.15, -0.1) is 0 Å². The van der Waals surface area contributed by atoms with Crippen LogP contribution in [0, 0.1) is 9.52 Å². The SMILES string of the molecule is Fc1ccc(-n2ccc(I)n2)nc1. The van der Waals surface area contributed by atoms with E-state index >= 15 is 0 Å². The zero-order valence-electron chi connectivity index (χ0n) is 6.48. The Balaban J connectivity index is 2.41. The molecule has 0 aromatic carbocycles. The zero-order valence-corrected chi connectivity index (χ0v) is 8.64. The molecule has 0 unspecified atom stereocenters. The van der Waals surface area contributed by atoms with Crippen molar-refractivity contribution in [1.82, 2.24) is 14.8 Å². The third kappa shape index (κ3) is 1.85. The van der Waals surface area contributed by atoms with Crippen molar-refractivity contribution in [2.24, 2.45) is 0 Å². The van der Waals surface area contributed by atoms with Gasteiger partial charge in [0, 0.05) is 6.20 Å². The molecule has 0 fully saturated rings. The average molecular weight is 289 g/mol. The van der Waals surface area contributed by atoms with Gasteiger partial charge in [0.25, 0.3) is 0 Å². The van der Waals surface area contributed by atoms with Crippen LogP contribution in [-0.2, 0) is 0 Å². The van der Waals surface area contributed by atoms with Crippen molar-refractivity contribution < 1.29 is 4.39 Å². The lowest BCUT2D eigenvalue weighted by molar-refractivity contribution is 0.619. The Labute approximate surface area is 87.7 Å². The van der Waals surface area contributed by atoms with E-state index in [1.54, 1.807) is 16.9 Å². The van der Waals surface area contributed by atoms with Crippen LogP contribution in [0.25, 0.3) is 5.82 Å². The van der Waals surface area contributed by atoms with E-state index in [4.69, 9.17) is 0 Å². The molecule has 66 valence electrons. The quantitative estimate of drug-likeness (QED) is 0.752. The normalized spacial score (nSPS) is 10.3. The number of hydrogen-bond donors (Lipinski definition) is 0. The van der Waals surface area contributed by atoms with E-state index < -0.39 is 0 Å². The van der Waals surface area contributed by atoms with Gasteiger partial charge in [0.1, 0.15) is 9.52 Å². The predicted molar refractivity (Wildman–Crippen MR) is 54.0 cm³/mol. The zero-order chi connectivity index (χ0) is 9.26. The third-order valence-corrected chi connectivity index (χ3v) is 2.08. The molecule has 3 nitrogen and oxygen atoms in total. The molecule has 0 radical (unpaired) electrons. The minimum absolute atomic E-state index is 0.342. The highest BCUT2D eigenvalue weighted by Crippen LogP contribution is 2.06. The standard InChI is InChI=1S/C8H5FIN3/c9-6-1-2-8(11-5-6)13-4-3-7(10)12-13/h1-5H. The maximum atomic E-state index is 12.5. The van der Waals surface area contributed by atoms with Gasteiger partial charge in [-0.25, -0.2) is 14.1 Å². The van der Waals surface area contributed by atoms with E-state index in [2.05, 4.69) is 32.7 Å². The molecule has 0 N–H and O–H groups in total. The fraction of sp³-hybridized carbons (Fsp3) is 0. The molecule has 0 aliphatic carbocycles. The van der Waals surface area contributed by atoms with Crippen molar-refractivity contribution in [2.45, 2.75) is 0 Å². The first-order valence-corrected chi connectivity index (χ1v) is 4.67. The molecule has 13 heavy (non-hydrogen) atoms. The summed E-state index contributed by atoms with van der Waals surface area (Å²) in [5.41, 5.74) is 0. The molecule has 2 heterocycles. The van der Waals surface area contributed by atoms with Gasteiger partial charge in [0.2, 0.25) is 0 Å². The van der Waals surface area contributed by atoms with Crippen LogP contribution in [0.15, 0.2) is 30.6 Å². The van der Waals surface area contributed by atoms with Crippen molar-refractivity contribution in [3.8, 4) is 5.82 Å². The summed E-state index contributed by atoms with van der Waals surface area (Å²) in [6, 6.07) is 4.79. The van der Waals surface area contributed by atoms with Gasteiger partial charge in [0.05, 0.1) is 6.20 Å². The summed E-state index contributed by atoms with van der Waals surface area (Å²) in [7, 11) is 0. The smallest absolute Gasteiger partial charge is 0.153 e. The van der Waals surface area contributed by atoms with Gasteiger partial charge >= 0.3 is 0 Å². The van der Waals surface area contributed by atoms with Crippen LogP contribution in [0.1, 0.15) is 0 Å². The molecule has 0 saturated heterocycles. The van der Waals surface area contributed by atoms with Crippen molar-refractivity contribution >= 4 is 22.6 Å². The second-order valence-corrected chi connectivity index (χ2v) is 3.52. The molecule has 0 saturated carbocycles. The largest absolute Gasteiger partial charge is 0.234 e. The van der Waals surface area contributed by atoms with Gasteiger partial charge in [-0.05, 0) is 40.8 Å². The second-order valence-electron chi connectivity index (χ2n) is 2.42. The second kappa shape index (κ2) is 3.41. The lowest BCUT2D eigenvalue weighted by Gasteiger charge is -1.97. The number of nitrogens with zero attached hydrogens (tertiary/aromatic N) is 3. The van der Waals surface area contributed by atoms with Gasteiger partial charge in [-0.2, -0.15) is 5.10 Å². The molecule has 0 amide bonds. The number of aromatic nitrogens is 3. The van der Waals surface area contributed by atoms with E-state index in [9.17, 15) is 4.39 Å². The summed E-state index contributed by atoms with van der Waals surface area (Å²) < 4.78 is 15.0. The summed E-state index contributed by atoms with van der Waals surface area (Å²) in [4.78, 5) is 3.88. The Kier molecular flexibility index (Phi) is 2.26. The van der Waals surface area contributed by atoms with Crippen LogP contribution in [0.3, 0.4) is 0 Å². The minimum Gasteiger partial charge on any atom is -0.234 e. The average Bonchev–Trinajstić information content (AvgIpc) is 2.53. The summed E-state index contributed by atoms with van der Waals surface area (Å²) in [5, 5.41) is 4.13. The number of hydrogen-bond acceptors (Lipinski definition) is 2. The molecule has 0 bridgehead atoms. The molecular weight excluding hydrogens is 284 g/mol. The number of rotatable bonds is 1. The number of pyridine rings is 1. The van der Waals surface area contributed by atoms with Crippen LogP contribution < -0.4 is 0 Å². The highest BCUT2D eigenvalue weighted by Gasteiger charge is 1.99.